The lowest BCUT2D eigenvalue weighted by Gasteiger charge is -2.36. The minimum Gasteiger partial charge on any atom is -0.444 e. The fraction of sp³-hybridized carbons (Fsp3) is 0.409. The molecule has 9 heteroatoms. The first kappa shape index (κ1) is 20.9. The summed E-state index contributed by atoms with van der Waals surface area (Å²) in [5, 5.41) is 3.11. The van der Waals surface area contributed by atoms with Gasteiger partial charge in [0.1, 0.15) is 17.2 Å². The molecule has 0 atom stereocenters. The molecule has 0 radical (unpaired) electrons. The Hall–Kier alpha value is -3.36. The minimum absolute atomic E-state index is 0.300. The van der Waals surface area contributed by atoms with Gasteiger partial charge in [0, 0.05) is 38.6 Å². The Morgan fingerprint density at radius 2 is 1.90 bits per heavy atom. The third-order valence-electron chi connectivity index (χ3n) is 5.03. The number of aryl methyl sites for hydroxylation is 1. The van der Waals surface area contributed by atoms with E-state index in [1.165, 1.54) is 6.07 Å². The summed E-state index contributed by atoms with van der Waals surface area (Å²) >= 11 is 0. The fourth-order valence-electron chi connectivity index (χ4n) is 3.51. The highest BCUT2D eigenvalue weighted by Crippen LogP contribution is 2.26. The summed E-state index contributed by atoms with van der Waals surface area (Å²) in [6.07, 6.45) is 4.85. The van der Waals surface area contributed by atoms with Gasteiger partial charge >= 0.3 is 6.09 Å². The number of aromatic nitrogens is 3. The standard InChI is InChI=1S/C22H27FN6O2/c1-15-5-6-17(16(23)13-15)26-18-14-25-20-19(24-7-8-29(18)20)27-9-11-28(12-10-27)21(30)31-22(2,3)4/h5-8,13-14,26H,9-12H2,1-4H3. The number of imidazole rings is 1. The van der Waals surface area contributed by atoms with Crippen molar-refractivity contribution < 1.29 is 13.9 Å². The molecule has 8 nitrogen and oxygen atoms in total. The van der Waals surface area contributed by atoms with Crippen molar-refractivity contribution in [1.29, 1.82) is 0 Å². The molecule has 1 saturated heterocycles. The van der Waals surface area contributed by atoms with Gasteiger partial charge in [-0.1, -0.05) is 6.07 Å². The second-order valence-electron chi connectivity index (χ2n) is 8.65. The van der Waals surface area contributed by atoms with Gasteiger partial charge in [0.2, 0.25) is 0 Å². The molecule has 1 aliphatic rings. The van der Waals surface area contributed by atoms with Crippen LogP contribution in [0, 0.1) is 12.7 Å². The zero-order valence-electron chi connectivity index (χ0n) is 18.2. The van der Waals surface area contributed by atoms with E-state index < -0.39 is 5.60 Å². The number of ether oxygens (including phenoxy) is 1. The topological polar surface area (TPSA) is 75.0 Å². The summed E-state index contributed by atoms with van der Waals surface area (Å²) in [5.41, 5.74) is 1.40. The van der Waals surface area contributed by atoms with Crippen LogP contribution in [0.15, 0.2) is 36.8 Å². The third kappa shape index (κ3) is 4.55. The number of fused-ring (bicyclic) bond motifs is 1. The van der Waals surface area contributed by atoms with Gasteiger partial charge in [-0.15, -0.1) is 0 Å². The van der Waals surface area contributed by atoms with Crippen molar-refractivity contribution in [2.75, 3.05) is 36.4 Å². The molecule has 0 unspecified atom stereocenters. The maximum absolute atomic E-state index is 14.3. The number of nitrogens with one attached hydrogen (secondary N) is 1. The average Bonchev–Trinajstić information content (AvgIpc) is 3.12. The van der Waals surface area contributed by atoms with Crippen LogP contribution in [0.4, 0.5) is 26.5 Å². The lowest BCUT2D eigenvalue weighted by Crippen LogP contribution is -2.50. The molecule has 2 aromatic heterocycles. The van der Waals surface area contributed by atoms with Crippen molar-refractivity contribution >= 4 is 29.1 Å². The highest BCUT2D eigenvalue weighted by Gasteiger charge is 2.27. The first-order chi connectivity index (χ1) is 14.7. The Morgan fingerprint density at radius 1 is 1.16 bits per heavy atom. The number of hydrogen-bond acceptors (Lipinski definition) is 6. The minimum atomic E-state index is -0.516. The number of piperazine rings is 1. The van der Waals surface area contributed by atoms with Crippen molar-refractivity contribution in [2.24, 2.45) is 0 Å². The van der Waals surface area contributed by atoms with Gasteiger partial charge in [-0.3, -0.25) is 4.40 Å². The fourth-order valence-corrected chi connectivity index (χ4v) is 3.51. The molecule has 31 heavy (non-hydrogen) atoms. The second-order valence-corrected chi connectivity index (χ2v) is 8.65. The normalized spacial score (nSPS) is 14.7. The van der Waals surface area contributed by atoms with Crippen molar-refractivity contribution in [3.8, 4) is 0 Å². The van der Waals surface area contributed by atoms with Crippen LogP contribution in [0.1, 0.15) is 26.3 Å². The Labute approximate surface area is 180 Å². The smallest absolute Gasteiger partial charge is 0.410 e. The average molecular weight is 426 g/mol. The summed E-state index contributed by atoms with van der Waals surface area (Å²) in [4.78, 5) is 25.1. The van der Waals surface area contributed by atoms with Gasteiger partial charge in [-0.05, 0) is 45.4 Å². The van der Waals surface area contributed by atoms with E-state index in [1.54, 1.807) is 29.6 Å². The molecule has 0 spiro atoms. The van der Waals surface area contributed by atoms with Crippen molar-refractivity contribution in [3.63, 3.8) is 0 Å². The molecule has 3 aromatic rings. The van der Waals surface area contributed by atoms with Gasteiger partial charge in [0.25, 0.3) is 0 Å². The summed E-state index contributed by atoms with van der Waals surface area (Å²) in [6.45, 7) is 9.74. The number of nitrogens with zero attached hydrogens (tertiary/aromatic N) is 5. The van der Waals surface area contributed by atoms with E-state index in [0.717, 1.165) is 11.4 Å². The highest BCUT2D eigenvalue weighted by atomic mass is 19.1. The van der Waals surface area contributed by atoms with E-state index in [2.05, 4.69) is 20.2 Å². The van der Waals surface area contributed by atoms with E-state index in [0.29, 0.717) is 43.3 Å². The van der Waals surface area contributed by atoms with E-state index in [4.69, 9.17) is 4.74 Å². The number of amides is 1. The van der Waals surface area contributed by atoms with Crippen molar-refractivity contribution in [3.05, 3.63) is 48.2 Å². The van der Waals surface area contributed by atoms with Crippen LogP contribution in [0.5, 0.6) is 0 Å². The Kier molecular flexibility index (Phi) is 5.43. The number of carbonyl (C=O) groups is 1. The van der Waals surface area contributed by atoms with Crippen LogP contribution >= 0.6 is 0 Å². The second kappa shape index (κ2) is 8.05. The van der Waals surface area contributed by atoms with Gasteiger partial charge in [0.15, 0.2) is 11.5 Å². The first-order valence-electron chi connectivity index (χ1n) is 10.3. The molecule has 164 valence electrons. The number of hydrogen-bond donors (Lipinski definition) is 1. The first-order valence-corrected chi connectivity index (χ1v) is 10.3. The van der Waals surface area contributed by atoms with E-state index in [-0.39, 0.29) is 11.9 Å². The molecule has 4 rings (SSSR count). The zero-order valence-corrected chi connectivity index (χ0v) is 18.2. The van der Waals surface area contributed by atoms with Crippen LogP contribution in [0.2, 0.25) is 0 Å². The summed E-state index contributed by atoms with van der Waals surface area (Å²) in [6, 6.07) is 5.05. The van der Waals surface area contributed by atoms with Gasteiger partial charge in [-0.25, -0.2) is 19.2 Å². The lowest BCUT2D eigenvalue weighted by molar-refractivity contribution is 0.0240. The van der Waals surface area contributed by atoms with Crippen molar-refractivity contribution in [2.45, 2.75) is 33.3 Å². The predicted molar refractivity (Wildman–Crippen MR) is 117 cm³/mol. The Morgan fingerprint density at radius 3 is 2.58 bits per heavy atom. The number of halogens is 1. The molecule has 1 N–H and O–H groups in total. The molecule has 3 heterocycles. The number of benzene rings is 1. The van der Waals surface area contributed by atoms with Gasteiger partial charge in [-0.2, -0.15) is 0 Å². The van der Waals surface area contributed by atoms with E-state index >= 15 is 0 Å². The highest BCUT2D eigenvalue weighted by molar-refractivity contribution is 5.71. The van der Waals surface area contributed by atoms with Gasteiger partial charge in [0.05, 0.1) is 11.9 Å². The Bertz CT molecular complexity index is 1100. The maximum atomic E-state index is 14.3. The summed E-state index contributed by atoms with van der Waals surface area (Å²) in [7, 11) is 0. The van der Waals surface area contributed by atoms with Crippen LogP contribution in [-0.2, 0) is 4.74 Å². The lowest BCUT2D eigenvalue weighted by atomic mass is 10.2. The summed E-state index contributed by atoms with van der Waals surface area (Å²) in [5.74, 6) is 1.06. The predicted octanol–water partition coefficient (Wildman–Crippen LogP) is 3.98. The molecule has 1 aliphatic heterocycles. The molecule has 1 fully saturated rings. The number of rotatable bonds is 3. The summed E-state index contributed by atoms with van der Waals surface area (Å²) < 4.78 is 21.6. The molecule has 0 bridgehead atoms. The number of carbonyl (C=O) groups excluding carboxylic acids is 1. The monoisotopic (exact) mass is 426 g/mol. The largest absolute Gasteiger partial charge is 0.444 e. The van der Waals surface area contributed by atoms with E-state index in [1.807, 2.05) is 38.2 Å². The molecule has 0 aliphatic carbocycles. The quantitative estimate of drug-likeness (QED) is 0.683. The SMILES string of the molecule is Cc1ccc(Nc2cnc3c(N4CCN(C(=O)OC(C)(C)C)CC4)nccn23)c(F)c1. The Balaban J connectivity index is 1.50. The van der Waals surface area contributed by atoms with Crippen LogP contribution < -0.4 is 10.2 Å². The zero-order chi connectivity index (χ0) is 22.2. The van der Waals surface area contributed by atoms with Crippen LogP contribution in [0.25, 0.3) is 5.65 Å². The van der Waals surface area contributed by atoms with Crippen LogP contribution in [-0.4, -0.2) is 57.1 Å². The molecular formula is C22H27FN6O2. The maximum Gasteiger partial charge on any atom is 0.410 e. The molecular weight excluding hydrogens is 399 g/mol. The van der Waals surface area contributed by atoms with Gasteiger partial charge < -0.3 is 19.9 Å². The third-order valence-corrected chi connectivity index (χ3v) is 5.03. The van der Waals surface area contributed by atoms with E-state index in [9.17, 15) is 9.18 Å². The van der Waals surface area contributed by atoms with Crippen molar-refractivity contribution in [1.82, 2.24) is 19.3 Å². The molecule has 1 aromatic carbocycles. The number of anilines is 3. The van der Waals surface area contributed by atoms with Crippen LogP contribution in [0.3, 0.4) is 0 Å². The molecule has 1 amide bonds. The molecule has 0 saturated carbocycles.